The van der Waals surface area contributed by atoms with Crippen LogP contribution in [0.25, 0.3) is 33.4 Å². The van der Waals surface area contributed by atoms with E-state index >= 15 is 43.2 Å². The molecular formula is C37H24F6Na2O10S4. The van der Waals surface area contributed by atoms with E-state index in [0.717, 1.165) is 98.8 Å². The Kier molecular flexibility index (Phi) is 10.8. The number of alkyl halides is 6. The van der Waals surface area contributed by atoms with Crippen molar-refractivity contribution in [3.63, 3.8) is 0 Å². The van der Waals surface area contributed by atoms with Crippen LogP contribution in [0.15, 0.2) is 116 Å². The first kappa shape index (κ1) is 46.2. The molecule has 22 heteroatoms. The summed E-state index contributed by atoms with van der Waals surface area (Å²) in [6.45, 7) is 2.23. The van der Waals surface area contributed by atoms with Gasteiger partial charge in [0.05, 0.1) is 19.6 Å². The van der Waals surface area contributed by atoms with E-state index in [0.29, 0.717) is 0 Å². The van der Waals surface area contributed by atoms with Crippen LogP contribution in [0.2, 0.25) is 0 Å². The summed E-state index contributed by atoms with van der Waals surface area (Å²) in [4.78, 5) is -2.97. The first-order valence-corrected chi connectivity index (χ1v) is 22.5. The van der Waals surface area contributed by atoms with Crippen molar-refractivity contribution < 1.29 is 128 Å². The largest absolute Gasteiger partial charge is 1.00 e. The first-order valence-electron chi connectivity index (χ1n) is 16.8. The predicted octanol–water partition coefficient (Wildman–Crippen LogP) is 0.850. The molecule has 10 nitrogen and oxygen atoms in total. The van der Waals surface area contributed by atoms with E-state index in [1.54, 1.807) is 0 Å². The zero-order valence-corrected chi connectivity index (χ0v) is 38.2. The topological polar surface area (TPSA) is 183 Å². The Bertz CT molecular complexity index is 2840. The van der Waals surface area contributed by atoms with E-state index in [9.17, 15) is 25.9 Å². The van der Waals surface area contributed by atoms with Gasteiger partial charge in [0, 0.05) is 11.1 Å². The molecule has 0 radical (unpaired) electrons. The van der Waals surface area contributed by atoms with Gasteiger partial charge in [-0.25, -0.2) is 33.7 Å². The maximum absolute atomic E-state index is 16.4. The van der Waals surface area contributed by atoms with Crippen LogP contribution in [0, 0.1) is 0 Å². The summed E-state index contributed by atoms with van der Waals surface area (Å²) in [6.07, 6.45) is -1.78. The van der Waals surface area contributed by atoms with Crippen LogP contribution in [0.5, 0.6) is 0 Å². The van der Waals surface area contributed by atoms with Gasteiger partial charge in [0.15, 0.2) is 19.7 Å². The molecule has 0 aromatic heterocycles. The molecule has 0 amide bonds. The minimum absolute atomic E-state index is 0. The quantitative estimate of drug-likeness (QED) is 0.153. The fourth-order valence-corrected chi connectivity index (χ4v) is 16.1. The molecule has 59 heavy (non-hydrogen) atoms. The van der Waals surface area contributed by atoms with Gasteiger partial charge in [-0.3, -0.25) is 0 Å². The number of sulfone groups is 2. The Morgan fingerprint density at radius 1 is 0.492 bits per heavy atom. The van der Waals surface area contributed by atoms with Gasteiger partial charge in [0.1, 0.15) is 29.7 Å². The fourth-order valence-electron chi connectivity index (χ4n) is 9.17. The van der Waals surface area contributed by atoms with Crippen LogP contribution >= 0.6 is 0 Å². The van der Waals surface area contributed by atoms with Crippen molar-refractivity contribution in [2.75, 3.05) is 0 Å². The van der Waals surface area contributed by atoms with Crippen molar-refractivity contribution >= 4 is 51.1 Å². The molecule has 2 aliphatic heterocycles. The van der Waals surface area contributed by atoms with E-state index in [-0.39, 0.29) is 81.4 Å². The van der Waals surface area contributed by atoms with E-state index < -0.39 is 133 Å². The van der Waals surface area contributed by atoms with E-state index in [4.69, 9.17) is 0 Å². The van der Waals surface area contributed by atoms with Crippen LogP contribution in [-0.2, 0) is 39.9 Å². The van der Waals surface area contributed by atoms with Crippen molar-refractivity contribution in [2.24, 2.45) is 0 Å². The van der Waals surface area contributed by atoms with Crippen LogP contribution in [0.3, 0.4) is 0 Å². The third kappa shape index (κ3) is 5.50. The zero-order chi connectivity index (χ0) is 41.9. The van der Waals surface area contributed by atoms with E-state index in [1.165, 1.54) is 0 Å². The Balaban J connectivity index is 0.00000293. The maximum Gasteiger partial charge on any atom is 1.00 e. The molecule has 0 spiro atoms. The minimum Gasteiger partial charge on any atom is -0.744 e. The van der Waals surface area contributed by atoms with Gasteiger partial charge in [-0.05, 0) is 93.8 Å². The molecule has 4 aliphatic rings. The summed E-state index contributed by atoms with van der Waals surface area (Å²) in [5, 5.41) is 0. The molecule has 4 aromatic rings. The molecule has 1 fully saturated rings. The molecule has 2 unspecified atom stereocenters. The summed E-state index contributed by atoms with van der Waals surface area (Å²) >= 11 is 0. The summed E-state index contributed by atoms with van der Waals surface area (Å²) < 4.78 is 221. The molecule has 2 aliphatic carbocycles. The van der Waals surface area contributed by atoms with Gasteiger partial charge in [-0.2, -0.15) is 26.3 Å². The fraction of sp³-hybridized carbons (Fsp3) is 0.243. The molecule has 0 saturated heterocycles. The molecular weight excluding hydrogens is 893 g/mol. The van der Waals surface area contributed by atoms with Gasteiger partial charge >= 0.3 is 76.9 Å². The van der Waals surface area contributed by atoms with Crippen LogP contribution < -0.4 is 59.1 Å². The smallest absolute Gasteiger partial charge is 0.744 e. The molecule has 0 bridgehead atoms. The number of rotatable bonds is 6. The standard InChI is InChI=1S/C37H26F6O10S4.2Na/c1-3-33-29(25-15-9-21(17-27(25)54(33,44)45)19-5-11-23(12-6-19)56(48,49)50)31-32(36(40,41)37(42,43)35(31,38)39)30-26-16-10-22(18-28(26)55(46,47)34(30,33)4-2)20-7-13-24(14-8-20)57(51,52)53;;/h5-18H,3-4H2,1-2H3,(H,48,49,50)(H,51,52,53);;/q;2*+1/p-2. The second-order valence-electron chi connectivity index (χ2n) is 14.0. The number of benzene rings is 4. The minimum atomic E-state index is -6.18. The van der Waals surface area contributed by atoms with Crippen molar-refractivity contribution in [3.05, 3.63) is 107 Å². The maximum atomic E-state index is 16.4. The second kappa shape index (κ2) is 13.8. The molecule has 0 N–H and O–H groups in total. The van der Waals surface area contributed by atoms with E-state index in [2.05, 4.69) is 0 Å². The normalized spacial score (nSPS) is 24.8. The summed E-state index contributed by atoms with van der Waals surface area (Å²) in [5.41, 5.74) is -7.79. The number of hydrogen-bond donors (Lipinski definition) is 0. The zero-order valence-electron chi connectivity index (χ0n) is 31.0. The molecule has 300 valence electrons. The van der Waals surface area contributed by atoms with Crippen molar-refractivity contribution in [3.8, 4) is 22.3 Å². The van der Waals surface area contributed by atoms with Crippen LogP contribution in [-0.4, -0.2) is 70.0 Å². The van der Waals surface area contributed by atoms with Crippen LogP contribution in [0.1, 0.15) is 37.8 Å². The Morgan fingerprint density at radius 3 is 1.05 bits per heavy atom. The van der Waals surface area contributed by atoms with Crippen molar-refractivity contribution in [1.82, 2.24) is 0 Å². The van der Waals surface area contributed by atoms with Gasteiger partial charge in [0.2, 0.25) is 0 Å². The number of hydrogen-bond acceptors (Lipinski definition) is 10. The average molecular weight is 917 g/mol. The summed E-state index contributed by atoms with van der Waals surface area (Å²) in [7, 11) is -20.6. The Labute approximate surface area is 378 Å². The van der Waals surface area contributed by atoms with Gasteiger partial charge < -0.3 is 9.11 Å². The average Bonchev–Trinajstić information content (AvgIpc) is 3.52. The van der Waals surface area contributed by atoms with Crippen molar-refractivity contribution in [2.45, 2.75) is 73.5 Å². The number of fused-ring (bicyclic) bond motifs is 8. The predicted molar refractivity (Wildman–Crippen MR) is 189 cm³/mol. The molecule has 2 atom stereocenters. The third-order valence-corrected chi connectivity index (χ3v) is 18.8. The molecule has 2 heterocycles. The number of halogens is 6. The first-order chi connectivity index (χ1) is 26.2. The molecule has 1 saturated carbocycles. The van der Waals surface area contributed by atoms with Gasteiger partial charge in [-0.1, -0.05) is 62.4 Å². The van der Waals surface area contributed by atoms with Gasteiger partial charge in [0.25, 0.3) is 0 Å². The Morgan fingerprint density at radius 2 is 0.780 bits per heavy atom. The number of allylic oxidation sites excluding steroid dienone is 2. The van der Waals surface area contributed by atoms with E-state index in [1.807, 2.05) is 0 Å². The van der Waals surface area contributed by atoms with Crippen molar-refractivity contribution in [1.29, 1.82) is 0 Å². The Hall–Kier alpha value is -2.34. The summed E-state index contributed by atoms with van der Waals surface area (Å²) in [6, 6.07) is 14.0. The molecule has 4 aromatic carbocycles. The SMILES string of the molecule is CCC12C(=C3C(=C4c5ccc(-c6ccc(S(=O)(=O)[O-])cc6)cc5S(=O)(=O)C41CC)C(F)(F)C(F)(F)C3(F)F)c1ccc(-c3ccc(S(=O)(=O)[O-])cc3)cc1S2(=O)=O.[Na+].[Na+]. The monoisotopic (exact) mass is 916 g/mol. The van der Waals surface area contributed by atoms with Gasteiger partial charge in [-0.15, -0.1) is 0 Å². The molecule has 8 rings (SSSR count). The summed E-state index contributed by atoms with van der Waals surface area (Å²) in [5.74, 6) is -17.7. The van der Waals surface area contributed by atoms with Crippen LogP contribution in [0.4, 0.5) is 26.3 Å². The second-order valence-corrected chi connectivity index (χ2v) is 21.0. The third-order valence-electron chi connectivity index (χ3n) is 11.6.